The zero-order valence-electron chi connectivity index (χ0n) is 10.8. The van der Waals surface area contributed by atoms with E-state index in [1.54, 1.807) is 24.3 Å². The summed E-state index contributed by atoms with van der Waals surface area (Å²) in [6, 6.07) is 7.04. The fourth-order valence-electron chi connectivity index (χ4n) is 2.20. The molecule has 0 atom stereocenters. The number of nitrogens with one attached hydrogen (secondary N) is 2. The third-order valence-corrected chi connectivity index (χ3v) is 3.11. The first-order chi connectivity index (χ1) is 10.2. The average molecular weight is 288 g/mol. The van der Waals surface area contributed by atoms with Gasteiger partial charge in [0, 0.05) is 5.39 Å². The predicted molar refractivity (Wildman–Crippen MR) is 74.9 cm³/mol. The Bertz CT molecular complexity index is 896. The van der Waals surface area contributed by atoms with Crippen LogP contribution in [0.1, 0.15) is 0 Å². The van der Waals surface area contributed by atoms with Crippen LogP contribution in [0.25, 0.3) is 16.6 Å². The molecule has 10 heteroatoms. The number of aromatic nitrogens is 4. The number of benzene rings is 1. The van der Waals surface area contributed by atoms with Crippen LogP contribution in [0.3, 0.4) is 0 Å². The normalized spacial score (nSPS) is 11.0. The van der Waals surface area contributed by atoms with Gasteiger partial charge in [0.1, 0.15) is 6.54 Å². The van der Waals surface area contributed by atoms with Crippen LogP contribution in [0, 0.1) is 0 Å². The molecule has 0 aliphatic rings. The third kappa shape index (κ3) is 1.89. The number of para-hydroxylation sites is 1. The standard InChI is InChI=1S/C11H12N8O2/c12-14-8(20)5-18-7-4-2-1-3-6(7)9-16-17-10(15-13)19(9)11(18)21/h1-4H,5,12-13H2,(H,14,20)(H,15,17). The van der Waals surface area contributed by atoms with E-state index < -0.39 is 11.6 Å². The molecule has 0 fully saturated rings. The molecular formula is C11H12N8O2. The molecule has 10 nitrogen and oxygen atoms in total. The van der Waals surface area contributed by atoms with Gasteiger partial charge in [0.15, 0.2) is 5.65 Å². The van der Waals surface area contributed by atoms with Gasteiger partial charge >= 0.3 is 5.69 Å². The number of hydrazine groups is 2. The molecule has 6 N–H and O–H groups in total. The molecule has 21 heavy (non-hydrogen) atoms. The van der Waals surface area contributed by atoms with Gasteiger partial charge in [-0.15, -0.1) is 10.2 Å². The van der Waals surface area contributed by atoms with E-state index in [0.29, 0.717) is 16.6 Å². The van der Waals surface area contributed by atoms with Crippen molar-refractivity contribution in [3.63, 3.8) is 0 Å². The van der Waals surface area contributed by atoms with Crippen molar-refractivity contribution in [1.29, 1.82) is 0 Å². The molecule has 3 rings (SSSR count). The first-order valence-corrected chi connectivity index (χ1v) is 6.00. The van der Waals surface area contributed by atoms with Crippen LogP contribution in [0.2, 0.25) is 0 Å². The number of fused-ring (bicyclic) bond motifs is 3. The highest BCUT2D eigenvalue weighted by atomic mass is 16.2. The van der Waals surface area contributed by atoms with Crippen molar-refractivity contribution >= 4 is 28.4 Å². The van der Waals surface area contributed by atoms with Gasteiger partial charge in [-0.2, -0.15) is 0 Å². The van der Waals surface area contributed by atoms with Crippen LogP contribution in [0.15, 0.2) is 29.1 Å². The van der Waals surface area contributed by atoms with Crippen LogP contribution in [-0.4, -0.2) is 25.1 Å². The van der Waals surface area contributed by atoms with Gasteiger partial charge in [0.25, 0.3) is 5.91 Å². The van der Waals surface area contributed by atoms with Crippen LogP contribution in [0.5, 0.6) is 0 Å². The highest BCUT2D eigenvalue weighted by Gasteiger charge is 2.16. The summed E-state index contributed by atoms with van der Waals surface area (Å²) >= 11 is 0. The van der Waals surface area contributed by atoms with E-state index in [4.69, 9.17) is 11.7 Å². The molecule has 0 aliphatic carbocycles. The predicted octanol–water partition coefficient (Wildman–Crippen LogP) is -1.68. The van der Waals surface area contributed by atoms with E-state index in [-0.39, 0.29) is 12.5 Å². The van der Waals surface area contributed by atoms with Crippen molar-refractivity contribution in [2.75, 3.05) is 5.43 Å². The van der Waals surface area contributed by atoms with Crippen LogP contribution in [-0.2, 0) is 11.3 Å². The Morgan fingerprint density at radius 3 is 2.71 bits per heavy atom. The van der Waals surface area contributed by atoms with Gasteiger partial charge in [0.05, 0.1) is 5.52 Å². The van der Waals surface area contributed by atoms with Crippen molar-refractivity contribution in [2.45, 2.75) is 6.54 Å². The Labute approximate surface area is 117 Å². The van der Waals surface area contributed by atoms with Gasteiger partial charge in [-0.25, -0.2) is 20.9 Å². The average Bonchev–Trinajstić information content (AvgIpc) is 2.95. The second-order valence-electron chi connectivity index (χ2n) is 4.28. The maximum atomic E-state index is 12.6. The minimum Gasteiger partial charge on any atom is -0.293 e. The third-order valence-electron chi connectivity index (χ3n) is 3.11. The molecule has 0 bridgehead atoms. The summed E-state index contributed by atoms with van der Waals surface area (Å²) < 4.78 is 2.47. The zero-order valence-corrected chi connectivity index (χ0v) is 10.8. The number of nitrogen functional groups attached to an aromatic ring is 1. The van der Waals surface area contributed by atoms with Gasteiger partial charge < -0.3 is 0 Å². The smallest absolute Gasteiger partial charge is 0.293 e. The maximum Gasteiger partial charge on any atom is 0.337 e. The van der Waals surface area contributed by atoms with Crippen molar-refractivity contribution in [2.24, 2.45) is 11.7 Å². The van der Waals surface area contributed by atoms with Gasteiger partial charge in [-0.3, -0.25) is 20.2 Å². The minimum absolute atomic E-state index is 0.0858. The van der Waals surface area contributed by atoms with Crippen molar-refractivity contribution in [1.82, 2.24) is 24.6 Å². The number of carbonyl (C=O) groups excluding carboxylic acids is 1. The molecule has 2 aromatic heterocycles. The molecule has 1 amide bonds. The first-order valence-electron chi connectivity index (χ1n) is 6.00. The number of nitrogens with zero attached hydrogens (tertiary/aromatic N) is 4. The van der Waals surface area contributed by atoms with Crippen LogP contribution >= 0.6 is 0 Å². The van der Waals surface area contributed by atoms with Crippen LogP contribution in [0.4, 0.5) is 5.95 Å². The summed E-state index contributed by atoms with van der Waals surface area (Å²) in [6.45, 7) is -0.228. The van der Waals surface area contributed by atoms with Crippen molar-refractivity contribution in [3.05, 3.63) is 34.7 Å². The molecule has 0 saturated carbocycles. The van der Waals surface area contributed by atoms with Gasteiger partial charge in [-0.1, -0.05) is 12.1 Å². The molecule has 0 radical (unpaired) electrons. The lowest BCUT2D eigenvalue weighted by molar-refractivity contribution is -0.121. The molecule has 2 heterocycles. The Balaban J connectivity index is 2.44. The Kier molecular flexibility index (Phi) is 3.01. The zero-order chi connectivity index (χ0) is 15.0. The topological polar surface area (TPSA) is 145 Å². The Morgan fingerprint density at radius 2 is 2.00 bits per heavy atom. The largest absolute Gasteiger partial charge is 0.337 e. The van der Waals surface area contributed by atoms with E-state index in [0.717, 1.165) is 0 Å². The summed E-state index contributed by atoms with van der Waals surface area (Å²) in [5.74, 6) is 10.00. The van der Waals surface area contributed by atoms with Gasteiger partial charge in [0.2, 0.25) is 5.95 Å². The summed E-state index contributed by atoms with van der Waals surface area (Å²) in [5, 5.41) is 8.42. The molecule has 0 saturated heterocycles. The second-order valence-corrected chi connectivity index (χ2v) is 4.28. The fourth-order valence-corrected chi connectivity index (χ4v) is 2.20. The monoisotopic (exact) mass is 288 g/mol. The summed E-state index contributed by atoms with van der Waals surface area (Å²) in [7, 11) is 0. The van der Waals surface area contributed by atoms with E-state index in [9.17, 15) is 9.59 Å². The minimum atomic E-state index is -0.503. The van der Waals surface area contributed by atoms with Crippen LogP contribution < -0.4 is 28.2 Å². The number of amides is 1. The molecule has 0 unspecified atom stereocenters. The number of rotatable bonds is 3. The Morgan fingerprint density at radius 1 is 1.24 bits per heavy atom. The highest BCUT2D eigenvalue weighted by molar-refractivity contribution is 5.92. The summed E-state index contributed by atoms with van der Waals surface area (Å²) in [5.41, 5.74) is 4.71. The summed E-state index contributed by atoms with van der Waals surface area (Å²) in [6.07, 6.45) is 0. The van der Waals surface area contributed by atoms with Crippen molar-refractivity contribution < 1.29 is 4.79 Å². The molecular weight excluding hydrogens is 276 g/mol. The SMILES string of the molecule is NNC(=O)Cn1c(=O)n2c(NN)nnc2c2ccccc21. The molecule has 0 aliphatic heterocycles. The van der Waals surface area contributed by atoms with E-state index >= 15 is 0 Å². The lowest BCUT2D eigenvalue weighted by Gasteiger charge is -2.10. The van der Waals surface area contributed by atoms with Gasteiger partial charge in [-0.05, 0) is 12.1 Å². The fraction of sp³-hybridized carbons (Fsp3) is 0.0909. The number of hydrogen-bond acceptors (Lipinski definition) is 7. The Hall–Kier alpha value is -2.98. The molecule has 3 aromatic rings. The molecule has 0 spiro atoms. The highest BCUT2D eigenvalue weighted by Crippen LogP contribution is 2.18. The maximum absolute atomic E-state index is 12.6. The van der Waals surface area contributed by atoms with Crippen molar-refractivity contribution in [3.8, 4) is 0 Å². The van der Waals surface area contributed by atoms with E-state index in [1.807, 2.05) is 5.43 Å². The number of hydrogen-bond donors (Lipinski definition) is 4. The van der Waals surface area contributed by atoms with E-state index in [1.165, 1.54) is 8.97 Å². The number of carbonyl (C=O) groups is 1. The quantitative estimate of drug-likeness (QED) is 0.256. The summed E-state index contributed by atoms with van der Waals surface area (Å²) in [4.78, 5) is 24.1. The molecule has 1 aromatic carbocycles. The second kappa shape index (κ2) is 4.85. The first kappa shape index (κ1) is 13.0. The van der Waals surface area contributed by atoms with E-state index in [2.05, 4.69) is 15.6 Å². The molecule has 108 valence electrons. The lowest BCUT2D eigenvalue weighted by Crippen LogP contribution is -2.38. The lowest BCUT2D eigenvalue weighted by atomic mass is 10.2. The number of anilines is 1. The number of nitrogens with two attached hydrogens (primary N) is 2.